The van der Waals surface area contributed by atoms with Gasteiger partial charge in [0.1, 0.15) is 0 Å². The van der Waals surface area contributed by atoms with E-state index in [1.54, 1.807) is 0 Å². The number of imide groups is 1. The maximum absolute atomic E-state index is 10.8. The van der Waals surface area contributed by atoms with E-state index in [1.807, 2.05) is 0 Å². The molecular weight excluding hydrogens is 148 g/mol. The minimum Gasteiger partial charge on any atom is -0.287 e. The molecule has 5 nitrogen and oxygen atoms in total. The summed E-state index contributed by atoms with van der Waals surface area (Å²) in [4.78, 5) is 32.9. The summed E-state index contributed by atoms with van der Waals surface area (Å²) in [6.07, 6.45) is 0. The van der Waals surface area contributed by atoms with Gasteiger partial charge in [0.15, 0.2) is 5.92 Å². The van der Waals surface area contributed by atoms with Crippen molar-refractivity contribution in [2.75, 3.05) is 7.05 Å². The fraction of sp³-hybridized carbons (Fsp3) is 0.333. The van der Waals surface area contributed by atoms with Crippen molar-refractivity contribution in [2.24, 2.45) is 5.92 Å². The first kappa shape index (κ1) is 7.41. The number of Topliss-reactive ketones (excluding diaryl/α,β-unsaturated/α-hetero) is 1. The first-order chi connectivity index (χ1) is 5.09. The summed E-state index contributed by atoms with van der Waals surface area (Å²) >= 11 is 0. The van der Waals surface area contributed by atoms with E-state index in [2.05, 4.69) is 0 Å². The fourth-order valence-electron chi connectivity index (χ4n) is 0.808. The van der Waals surface area contributed by atoms with Crippen LogP contribution in [0.4, 0.5) is 0 Å². The van der Waals surface area contributed by atoms with Crippen molar-refractivity contribution in [3.05, 3.63) is 0 Å². The lowest BCUT2D eigenvalue weighted by Crippen LogP contribution is -2.26. The summed E-state index contributed by atoms with van der Waals surface area (Å²) in [6.45, 7) is 0. The number of rotatable bonds is 0. The lowest BCUT2D eigenvalue weighted by atomic mass is 10.1. The molecule has 1 rings (SSSR count). The lowest BCUT2D eigenvalue weighted by Gasteiger charge is -2.00. The molecule has 0 bridgehead atoms. The highest BCUT2D eigenvalue weighted by molar-refractivity contribution is 6.48. The van der Waals surface area contributed by atoms with E-state index in [0.29, 0.717) is 4.90 Å². The van der Waals surface area contributed by atoms with Crippen LogP contribution in [-0.2, 0) is 14.4 Å². The van der Waals surface area contributed by atoms with Crippen LogP contribution < -0.4 is 0 Å². The Morgan fingerprint density at radius 2 is 2.00 bits per heavy atom. The Morgan fingerprint density at radius 3 is 2.18 bits per heavy atom. The Bertz CT molecular complexity index is 289. The highest BCUT2D eigenvalue weighted by atomic mass is 16.2. The molecule has 1 unspecified atom stereocenters. The first-order valence-corrected chi connectivity index (χ1v) is 2.85. The molecule has 0 aromatic heterocycles. The Morgan fingerprint density at radius 1 is 1.45 bits per heavy atom. The Hall–Kier alpha value is -1.70. The Balaban J connectivity index is 3.07. The molecular formula is C6H4N2O3. The van der Waals surface area contributed by atoms with Gasteiger partial charge in [-0.25, -0.2) is 0 Å². The quantitative estimate of drug-likeness (QED) is 0.245. The minimum absolute atomic E-state index is 0.663. The number of ketones is 1. The SMILES string of the molecule is CN1C(=O)C(=O)C(C#N)C1=O. The molecule has 1 heterocycles. The van der Waals surface area contributed by atoms with Crippen LogP contribution in [0.25, 0.3) is 0 Å². The van der Waals surface area contributed by atoms with Crippen molar-refractivity contribution in [1.29, 1.82) is 5.26 Å². The second-order valence-corrected chi connectivity index (χ2v) is 2.13. The van der Waals surface area contributed by atoms with Crippen molar-refractivity contribution in [2.45, 2.75) is 0 Å². The maximum Gasteiger partial charge on any atom is 0.298 e. The minimum atomic E-state index is -1.41. The predicted octanol–water partition coefficient (Wildman–Crippen LogP) is -1.31. The number of carbonyl (C=O) groups excluding carboxylic acids is 3. The number of hydrogen-bond acceptors (Lipinski definition) is 4. The van der Waals surface area contributed by atoms with Crippen molar-refractivity contribution in [3.8, 4) is 6.07 Å². The average molecular weight is 152 g/mol. The average Bonchev–Trinajstić information content (AvgIpc) is 2.17. The molecule has 1 saturated heterocycles. The van der Waals surface area contributed by atoms with Crippen molar-refractivity contribution >= 4 is 17.6 Å². The summed E-state index contributed by atoms with van der Waals surface area (Å²) in [5.41, 5.74) is 0. The van der Waals surface area contributed by atoms with Gasteiger partial charge in [0.25, 0.3) is 11.8 Å². The van der Waals surface area contributed by atoms with Crippen LogP contribution >= 0.6 is 0 Å². The largest absolute Gasteiger partial charge is 0.298 e. The molecule has 11 heavy (non-hydrogen) atoms. The van der Waals surface area contributed by atoms with E-state index >= 15 is 0 Å². The number of hydrogen-bond donors (Lipinski definition) is 0. The molecule has 5 heteroatoms. The van der Waals surface area contributed by atoms with Crippen LogP contribution in [0.1, 0.15) is 0 Å². The monoisotopic (exact) mass is 152 g/mol. The smallest absolute Gasteiger partial charge is 0.287 e. The van der Waals surface area contributed by atoms with Crippen molar-refractivity contribution < 1.29 is 14.4 Å². The van der Waals surface area contributed by atoms with E-state index in [1.165, 1.54) is 13.1 Å². The van der Waals surface area contributed by atoms with Gasteiger partial charge in [0.05, 0.1) is 6.07 Å². The fourth-order valence-corrected chi connectivity index (χ4v) is 0.808. The highest BCUT2D eigenvalue weighted by Gasteiger charge is 2.44. The van der Waals surface area contributed by atoms with E-state index in [9.17, 15) is 14.4 Å². The molecule has 1 aliphatic rings. The van der Waals surface area contributed by atoms with E-state index < -0.39 is 23.5 Å². The molecule has 0 aromatic carbocycles. The van der Waals surface area contributed by atoms with Gasteiger partial charge in [-0.2, -0.15) is 5.26 Å². The maximum atomic E-state index is 10.8. The zero-order chi connectivity index (χ0) is 8.59. The molecule has 0 saturated carbocycles. The second kappa shape index (κ2) is 2.16. The van der Waals surface area contributed by atoms with E-state index in [0.717, 1.165) is 0 Å². The third-order valence-electron chi connectivity index (χ3n) is 1.48. The van der Waals surface area contributed by atoms with Gasteiger partial charge in [-0.15, -0.1) is 0 Å². The number of nitriles is 1. The molecule has 0 N–H and O–H groups in total. The summed E-state index contributed by atoms with van der Waals surface area (Å²) in [6, 6.07) is 1.46. The zero-order valence-electron chi connectivity index (χ0n) is 5.70. The van der Waals surface area contributed by atoms with Crippen LogP contribution in [0.5, 0.6) is 0 Å². The molecule has 0 spiro atoms. The summed E-state index contributed by atoms with van der Waals surface area (Å²) in [5.74, 6) is -3.98. The van der Waals surface area contributed by atoms with Gasteiger partial charge in [0, 0.05) is 7.05 Å². The normalized spacial score (nSPS) is 24.2. The van der Waals surface area contributed by atoms with Gasteiger partial charge in [-0.1, -0.05) is 0 Å². The molecule has 0 aromatic rings. The van der Waals surface area contributed by atoms with Crippen LogP contribution in [-0.4, -0.2) is 29.5 Å². The van der Waals surface area contributed by atoms with Crippen LogP contribution in [0.2, 0.25) is 0 Å². The lowest BCUT2D eigenvalue weighted by molar-refractivity contribution is -0.141. The molecule has 56 valence electrons. The van der Waals surface area contributed by atoms with Gasteiger partial charge in [0.2, 0.25) is 5.78 Å². The molecule has 0 aliphatic carbocycles. The van der Waals surface area contributed by atoms with Crippen molar-refractivity contribution in [3.63, 3.8) is 0 Å². The van der Waals surface area contributed by atoms with E-state index in [4.69, 9.17) is 5.26 Å². The third kappa shape index (κ3) is 0.799. The number of likely N-dealkylation sites (tertiary alicyclic amines) is 1. The number of nitrogens with zero attached hydrogens (tertiary/aromatic N) is 2. The Labute approximate surface area is 62.2 Å². The third-order valence-corrected chi connectivity index (χ3v) is 1.48. The van der Waals surface area contributed by atoms with Gasteiger partial charge in [-0.3, -0.25) is 19.3 Å². The summed E-state index contributed by atoms with van der Waals surface area (Å²) < 4.78 is 0. The number of likely N-dealkylation sites (N-methyl/N-ethyl adjacent to an activating group) is 1. The van der Waals surface area contributed by atoms with Crippen LogP contribution in [0, 0.1) is 17.2 Å². The zero-order valence-corrected chi connectivity index (χ0v) is 5.70. The molecule has 1 aliphatic heterocycles. The van der Waals surface area contributed by atoms with E-state index in [-0.39, 0.29) is 0 Å². The highest BCUT2D eigenvalue weighted by Crippen LogP contribution is 2.12. The number of amides is 2. The standard InChI is InChI=1S/C6H4N2O3/c1-8-5(10)3(2-7)4(9)6(8)11/h3H,1H3. The molecule has 1 fully saturated rings. The molecule has 0 radical (unpaired) electrons. The first-order valence-electron chi connectivity index (χ1n) is 2.85. The van der Waals surface area contributed by atoms with Gasteiger partial charge in [-0.05, 0) is 0 Å². The number of carbonyl (C=O) groups is 3. The predicted molar refractivity (Wildman–Crippen MR) is 31.9 cm³/mol. The second-order valence-electron chi connectivity index (χ2n) is 2.13. The summed E-state index contributed by atoms with van der Waals surface area (Å²) in [5, 5.41) is 8.27. The van der Waals surface area contributed by atoms with Gasteiger partial charge >= 0.3 is 0 Å². The molecule has 1 atom stereocenters. The Kier molecular flexibility index (Phi) is 1.46. The van der Waals surface area contributed by atoms with Crippen LogP contribution in [0.15, 0.2) is 0 Å². The van der Waals surface area contributed by atoms with Gasteiger partial charge < -0.3 is 0 Å². The summed E-state index contributed by atoms with van der Waals surface area (Å²) in [7, 11) is 1.18. The van der Waals surface area contributed by atoms with Crippen LogP contribution in [0.3, 0.4) is 0 Å². The molecule has 2 amide bonds. The topological polar surface area (TPSA) is 78.2 Å². The van der Waals surface area contributed by atoms with Crippen molar-refractivity contribution in [1.82, 2.24) is 4.90 Å².